The highest BCUT2D eigenvalue weighted by Gasteiger charge is 2.26. The van der Waals surface area contributed by atoms with Crippen LogP contribution in [0.4, 0.5) is 43.7 Å². The van der Waals surface area contributed by atoms with Gasteiger partial charge < -0.3 is 51.2 Å². The van der Waals surface area contributed by atoms with Crippen molar-refractivity contribution in [2.45, 2.75) is 12.1 Å². The van der Waals surface area contributed by atoms with E-state index in [-0.39, 0.29) is 36.5 Å². The van der Waals surface area contributed by atoms with Crippen molar-refractivity contribution in [3.05, 3.63) is 107 Å². The fraction of sp³-hybridized carbons (Fsp3) is 0.250. The first kappa shape index (κ1) is 44.1. The maximum absolute atomic E-state index is 13.7. The Morgan fingerprint density at radius 3 is 1.22 bits per heavy atom. The Hall–Kier alpha value is -5.50. The van der Waals surface area contributed by atoms with E-state index in [4.69, 9.17) is 32.7 Å². The maximum atomic E-state index is 13.7. The summed E-state index contributed by atoms with van der Waals surface area (Å²) in [4.78, 5) is 81.3. The molecular formula is C40H40Cl2N8O8S2. The van der Waals surface area contributed by atoms with E-state index in [1.807, 2.05) is 0 Å². The van der Waals surface area contributed by atoms with Crippen LogP contribution in [-0.4, -0.2) is 98.8 Å². The second kappa shape index (κ2) is 21.7. The molecule has 2 saturated heterocycles. The van der Waals surface area contributed by atoms with Crippen LogP contribution in [0.1, 0.15) is 0 Å². The second-order valence-corrected chi connectivity index (χ2v) is 16.6. The lowest BCUT2D eigenvalue weighted by molar-refractivity contribution is -0.126. The number of carbonyl (C=O) groups is 6. The Kier molecular flexibility index (Phi) is 15.9. The number of nitrogens with one attached hydrogen (secondary N) is 6. The molecule has 0 aliphatic carbocycles. The van der Waals surface area contributed by atoms with Gasteiger partial charge in [-0.2, -0.15) is 0 Å². The highest BCUT2D eigenvalue weighted by Crippen LogP contribution is 2.26. The monoisotopic (exact) mass is 894 g/mol. The van der Waals surface area contributed by atoms with E-state index in [2.05, 4.69) is 31.9 Å². The minimum Gasteiger partial charge on any atom is -0.370 e. The first-order valence-electron chi connectivity index (χ1n) is 18.5. The van der Waals surface area contributed by atoms with Crippen molar-refractivity contribution in [2.75, 3.05) is 82.1 Å². The Balaban J connectivity index is 1.11. The quantitative estimate of drug-likeness (QED) is 0.0603. The van der Waals surface area contributed by atoms with Crippen molar-refractivity contribution < 1.29 is 38.2 Å². The molecule has 4 aromatic rings. The lowest BCUT2D eigenvalue weighted by atomic mass is 10.2. The van der Waals surface area contributed by atoms with E-state index in [1.165, 1.54) is 21.6 Å². The number of halogens is 2. The van der Waals surface area contributed by atoms with Crippen molar-refractivity contribution in [3.63, 3.8) is 0 Å². The molecule has 2 aliphatic heterocycles. The molecule has 0 saturated carbocycles. The van der Waals surface area contributed by atoms with E-state index in [0.29, 0.717) is 70.5 Å². The number of urea groups is 2. The van der Waals surface area contributed by atoms with Crippen molar-refractivity contribution in [1.82, 2.24) is 10.6 Å². The van der Waals surface area contributed by atoms with Gasteiger partial charge in [0.25, 0.3) is 11.8 Å². The topological polar surface area (TPSA) is 200 Å². The summed E-state index contributed by atoms with van der Waals surface area (Å²) >= 11 is 12.0. The van der Waals surface area contributed by atoms with E-state index in [1.54, 1.807) is 107 Å². The zero-order valence-corrected chi connectivity index (χ0v) is 34.9. The van der Waals surface area contributed by atoms with Crippen LogP contribution >= 0.6 is 44.8 Å². The van der Waals surface area contributed by atoms with E-state index >= 15 is 0 Å². The van der Waals surface area contributed by atoms with Crippen molar-refractivity contribution in [3.8, 4) is 0 Å². The van der Waals surface area contributed by atoms with Gasteiger partial charge in [-0.3, -0.25) is 19.2 Å². The van der Waals surface area contributed by atoms with Gasteiger partial charge in [0.2, 0.25) is 11.8 Å². The molecule has 2 atom stereocenters. The summed E-state index contributed by atoms with van der Waals surface area (Å²) < 4.78 is 10.4. The van der Waals surface area contributed by atoms with Crippen molar-refractivity contribution in [2.24, 2.45) is 0 Å². The van der Waals surface area contributed by atoms with E-state index < -0.39 is 36.0 Å². The zero-order valence-electron chi connectivity index (χ0n) is 31.8. The third-order valence-electron chi connectivity index (χ3n) is 8.87. The molecule has 6 N–H and O–H groups in total. The molecule has 0 bridgehead atoms. The molecule has 0 radical (unpaired) electrons. The number of amides is 8. The standard InChI is InChI=1S/C40H40Cl2N8O8S2/c41-25-1-5-29(6-2-25)45-39(55)47-33(37(53)43-27-9-13-31(14-10-27)49-17-19-57-21-35(49)51)23-59-60-24-34(48-40(56)46-30-7-3-26(42)4-8-30)38(54)44-28-11-15-32(16-12-28)50-18-20-58-22-36(50)52/h1-16,33-34H,17-24H2,(H,43,53)(H,44,54)(H2,45,47,55)(H2,46,48,56)/t33-,34-/m1/s1. The number of hydrogen-bond donors (Lipinski definition) is 6. The van der Waals surface area contributed by atoms with Crippen molar-refractivity contribution in [1.29, 1.82) is 0 Å². The molecule has 0 aromatic heterocycles. The predicted octanol–water partition coefficient (Wildman–Crippen LogP) is 6.06. The van der Waals surface area contributed by atoms with Crippen LogP contribution in [0, 0.1) is 0 Å². The number of anilines is 6. The third kappa shape index (κ3) is 13.0. The molecule has 2 fully saturated rings. The fourth-order valence-electron chi connectivity index (χ4n) is 5.81. The van der Waals surface area contributed by atoms with Gasteiger partial charge in [0.05, 0.1) is 13.2 Å². The van der Waals surface area contributed by atoms with E-state index in [0.717, 1.165) is 0 Å². The average Bonchev–Trinajstić information content (AvgIpc) is 3.24. The highest BCUT2D eigenvalue weighted by atomic mass is 35.5. The average molecular weight is 896 g/mol. The van der Waals surface area contributed by atoms with Gasteiger partial charge in [0.1, 0.15) is 25.3 Å². The van der Waals surface area contributed by atoms with Gasteiger partial charge in [-0.05, 0) is 97.1 Å². The second-order valence-electron chi connectivity index (χ2n) is 13.2. The zero-order chi connectivity index (χ0) is 42.4. The van der Waals surface area contributed by atoms with Crippen LogP contribution in [0.3, 0.4) is 0 Å². The molecule has 0 spiro atoms. The summed E-state index contributed by atoms with van der Waals surface area (Å²) in [7, 11) is 2.40. The molecule has 16 nitrogen and oxygen atoms in total. The SMILES string of the molecule is O=C(Nc1ccc(Cl)cc1)N[C@H](CSSC[C@@H](NC(=O)Nc1ccc(Cl)cc1)C(=O)Nc1ccc(N2CCOCC2=O)cc1)C(=O)Nc1ccc(N2CCOCC2=O)cc1. The highest BCUT2D eigenvalue weighted by molar-refractivity contribution is 8.76. The molecular weight excluding hydrogens is 856 g/mol. The molecule has 8 amide bonds. The van der Waals surface area contributed by atoms with Crippen LogP contribution in [0.25, 0.3) is 0 Å². The van der Waals surface area contributed by atoms with Gasteiger partial charge in [-0.1, -0.05) is 44.8 Å². The molecule has 2 aliphatic rings. The molecule has 20 heteroatoms. The fourth-order valence-corrected chi connectivity index (χ4v) is 8.39. The van der Waals surface area contributed by atoms with Gasteiger partial charge in [-0.15, -0.1) is 0 Å². The molecule has 2 heterocycles. The summed E-state index contributed by atoms with van der Waals surface area (Å²) in [5, 5.41) is 17.4. The molecule has 314 valence electrons. The number of morpholine rings is 2. The number of carbonyl (C=O) groups excluding carboxylic acids is 6. The third-order valence-corrected chi connectivity index (χ3v) is 11.8. The number of nitrogens with zero attached hydrogens (tertiary/aromatic N) is 2. The van der Waals surface area contributed by atoms with Crippen LogP contribution in [-0.2, 0) is 28.7 Å². The summed E-state index contributed by atoms with van der Waals surface area (Å²) in [5.41, 5.74) is 3.08. The number of rotatable bonds is 15. The lowest BCUT2D eigenvalue weighted by Gasteiger charge is -2.27. The number of ether oxygens (including phenoxy) is 2. The predicted molar refractivity (Wildman–Crippen MR) is 236 cm³/mol. The van der Waals surface area contributed by atoms with Gasteiger partial charge in [-0.25, -0.2) is 9.59 Å². The van der Waals surface area contributed by atoms with Crippen LogP contribution in [0.2, 0.25) is 10.0 Å². The summed E-state index contributed by atoms with van der Waals surface area (Å²) in [6.45, 7) is 1.63. The minimum absolute atomic E-state index is 0.00867. The minimum atomic E-state index is -1.07. The van der Waals surface area contributed by atoms with E-state index in [9.17, 15) is 28.8 Å². The molecule has 6 rings (SSSR count). The molecule has 60 heavy (non-hydrogen) atoms. The van der Waals surface area contributed by atoms with Crippen LogP contribution in [0.5, 0.6) is 0 Å². The lowest BCUT2D eigenvalue weighted by Crippen LogP contribution is -2.47. The van der Waals surface area contributed by atoms with Gasteiger partial charge in [0, 0.05) is 68.8 Å². The summed E-state index contributed by atoms with van der Waals surface area (Å²) in [6.07, 6.45) is 0. The molecule has 0 unspecified atom stereocenters. The number of hydrogen-bond acceptors (Lipinski definition) is 10. The first-order chi connectivity index (χ1) is 29.0. The van der Waals surface area contributed by atoms with Crippen LogP contribution < -0.4 is 41.7 Å². The largest absolute Gasteiger partial charge is 0.370 e. The number of benzene rings is 4. The normalized spacial score (nSPS) is 15.0. The van der Waals surface area contributed by atoms with Gasteiger partial charge >= 0.3 is 12.1 Å². The Labute approximate surface area is 363 Å². The Bertz CT molecular complexity index is 2000. The summed E-state index contributed by atoms with van der Waals surface area (Å²) in [5.74, 6) is -1.28. The van der Waals surface area contributed by atoms with Gasteiger partial charge in [0.15, 0.2) is 0 Å². The van der Waals surface area contributed by atoms with Crippen molar-refractivity contribution >= 4 is 115 Å². The summed E-state index contributed by atoms with van der Waals surface area (Å²) in [6, 6.07) is 22.9. The van der Waals surface area contributed by atoms with Crippen LogP contribution in [0.15, 0.2) is 97.1 Å². The Morgan fingerprint density at radius 1 is 0.533 bits per heavy atom. The maximum Gasteiger partial charge on any atom is 0.319 e. The molecule has 4 aromatic carbocycles. The first-order valence-corrected chi connectivity index (χ1v) is 21.7. The smallest absolute Gasteiger partial charge is 0.319 e. The Morgan fingerprint density at radius 2 is 0.867 bits per heavy atom.